The summed E-state index contributed by atoms with van der Waals surface area (Å²) in [6, 6.07) is 14.8. The second-order valence-electron chi connectivity index (χ2n) is 7.30. The van der Waals surface area contributed by atoms with Crippen molar-refractivity contribution >= 4 is 20.0 Å². The first-order chi connectivity index (χ1) is 13.2. The molecule has 0 aliphatic carbocycles. The van der Waals surface area contributed by atoms with E-state index in [1.807, 2.05) is 30.3 Å². The molecule has 28 heavy (non-hydrogen) atoms. The van der Waals surface area contributed by atoms with Crippen LogP contribution in [0.1, 0.15) is 25.3 Å². The van der Waals surface area contributed by atoms with Gasteiger partial charge in [-0.15, -0.1) is 0 Å². The van der Waals surface area contributed by atoms with Crippen LogP contribution >= 0.6 is 0 Å². The molecule has 2 aromatic carbocycles. The topological polar surface area (TPSA) is 74.8 Å². The molecule has 1 saturated heterocycles. The van der Waals surface area contributed by atoms with E-state index < -0.39 is 20.0 Å². The Bertz CT molecular complexity index is 996. The average molecular weight is 423 g/mol. The molecule has 1 fully saturated rings. The van der Waals surface area contributed by atoms with E-state index in [0.29, 0.717) is 19.0 Å². The van der Waals surface area contributed by atoms with Crippen molar-refractivity contribution in [1.29, 1.82) is 0 Å². The first-order valence-electron chi connectivity index (χ1n) is 9.32. The van der Waals surface area contributed by atoms with Crippen LogP contribution < -0.4 is 0 Å². The Hall–Kier alpha value is -1.74. The molecule has 0 atom stereocenters. The van der Waals surface area contributed by atoms with Crippen molar-refractivity contribution in [3.05, 3.63) is 60.2 Å². The van der Waals surface area contributed by atoms with E-state index in [1.165, 1.54) is 39.9 Å². The van der Waals surface area contributed by atoms with Gasteiger partial charge in [0, 0.05) is 26.7 Å². The molecule has 1 heterocycles. The van der Waals surface area contributed by atoms with Gasteiger partial charge in [-0.05, 0) is 48.6 Å². The highest BCUT2D eigenvalue weighted by molar-refractivity contribution is 7.89. The molecule has 1 aliphatic heterocycles. The number of hydrogen-bond acceptors (Lipinski definition) is 4. The van der Waals surface area contributed by atoms with Crippen LogP contribution in [0.15, 0.2) is 64.4 Å². The number of benzene rings is 2. The summed E-state index contributed by atoms with van der Waals surface area (Å²) in [5.74, 6) is 0.527. The minimum absolute atomic E-state index is 0.0807. The normalized spacial score (nSPS) is 17.1. The molecule has 0 N–H and O–H groups in total. The molecule has 8 heteroatoms. The Morgan fingerprint density at radius 2 is 1.43 bits per heavy atom. The zero-order valence-corrected chi connectivity index (χ0v) is 17.8. The quantitative estimate of drug-likeness (QED) is 0.717. The molecule has 0 saturated carbocycles. The Kier molecular flexibility index (Phi) is 6.24. The van der Waals surface area contributed by atoms with E-state index in [-0.39, 0.29) is 16.3 Å². The van der Waals surface area contributed by atoms with E-state index in [1.54, 1.807) is 0 Å². The number of sulfonamides is 2. The SMILES string of the molecule is CC1CCN(S(=O)(=O)c2ccc(S(=O)(=O)N(C)Cc3ccccc3)cc2)CC1. The number of nitrogens with zero attached hydrogens (tertiary/aromatic N) is 2. The fraction of sp³-hybridized carbons (Fsp3) is 0.400. The first-order valence-corrected chi connectivity index (χ1v) is 12.2. The number of hydrogen-bond donors (Lipinski definition) is 0. The lowest BCUT2D eigenvalue weighted by molar-refractivity contribution is 0.288. The van der Waals surface area contributed by atoms with Crippen LogP contribution in [0.25, 0.3) is 0 Å². The molecule has 0 bridgehead atoms. The van der Waals surface area contributed by atoms with Gasteiger partial charge < -0.3 is 0 Å². The van der Waals surface area contributed by atoms with Crippen molar-refractivity contribution in [2.75, 3.05) is 20.1 Å². The van der Waals surface area contributed by atoms with E-state index >= 15 is 0 Å². The maximum atomic E-state index is 12.8. The van der Waals surface area contributed by atoms with Gasteiger partial charge in [-0.25, -0.2) is 16.8 Å². The predicted molar refractivity (Wildman–Crippen MR) is 109 cm³/mol. The van der Waals surface area contributed by atoms with E-state index in [2.05, 4.69) is 6.92 Å². The summed E-state index contributed by atoms with van der Waals surface area (Å²) >= 11 is 0. The Labute approximate surface area is 167 Å². The van der Waals surface area contributed by atoms with Crippen LogP contribution in [-0.4, -0.2) is 45.6 Å². The molecule has 2 aromatic rings. The van der Waals surface area contributed by atoms with Crippen molar-refractivity contribution in [1.82, 2.24) is 8.61 Å². The maximum Gasteiger partial charge on any atom is 0.243 e. The maximum absolute atomic E-state index is 12.8. The molecule has 6 nitrogen and oxygen atoms in total. The standard InChI is InChI=1S/C20H26N2O4S2/c1-17-12-14-22(15-13-17)28(25,26)20-10-8-19(9-11-20)27(23,24)21(2)16-18-6-4-3-5-7-18/h3-11,17H,12-16H2,1-2H3. The summed E-state index contributed by atoms with van der Waals surface area (Å²) in [6.07, 6.45) is 1.69. The third-order valence-corrected chi connectivity index (χ3v) is 8.89. The van der Waals surface area contributed by atoms with Gasteiger partial charge in [-0.2, -0.15) is 8.61 Å². The molecule has 3 rings (SSSR count). The van der Waals surface area contributed by atoms with Crippen LogP contribution in [0, 0.1) is 5.92 Å². The van der Waals surface area contributed by atoms with Crippen LogP contribution in [0.5, 0.6) is 0 Å². The van der Waals surface area contributed by atoms with Crippen molar-refractivity contribution in [3.8, 4) is 0 Å². The van der Waals surface area contributed by atoms with Gasteiger partial charge in [0.15, 0.2) is 0 Å². The smallest absolute Gasteiger partial charge is 0.207 e. The van der Waals surface area contributed by atoms with E-state index in [4.69, 9.17) is 0 Å². The Morgan fingerprint density at radius 3 is 2.00 bits per heavy atom. The predicted octanol–water partition coefficient (Wildman–Crippen LogP) is 2.93. The van der Waals surface area contributed by atoms with Gasteiger partial charge in [0.25, 0.3) is 0 Å². The minimum atomic E-state index is -3.71. The second kappa shape index (κ2) is 8.32. The lowest BCUT2D eigenvalue weighted by atomic mass is 10.0. The lowest BCUT2D eigenvalue weighted by Gasteiger charge is -2.29. The monoisotopic (exact) mass is 422 g/mol. The fourth-order valence-electron chi connectivity index (χ4n) is 3.26. The zero-order chi connectivity index (χ0) is 20.4. The minimum Gasteiger partial charge on any atom is -0.207 e. The highest BCUT2D eigenvalue weighted by Gasteiger charge is 2.29. The molecule has 152 valence electrons. The summed E-state index contributed by atoms with van der Waals surface area (Å²) in [7, 11) is -5.78. The summed E-state index contributed by atoms with van der Waals surface area (Å²) in [6.45, 7) is 3.37. The van der Waals surface area contributed by atoms with Gasteiger partial charge in [0.1, 0.15) is 0 Å². The number of piperidine rings is 1. The summed E-state index contributed by atoms with van der Waals surface area (Å²) in [5.41, 5.74) is 0.882. The van der Waals surface area contributed by atoms with Gasteiger partial charge in [0.05, 0.1) is 9.79 Å². The van der Waals surface area contributed by atoms with Crippen LogP contribution in [-0.2, 0) is 26.6 Å². The third kappa shape index (κ3) is 4.46. The molecule has 0 unspecified atom stereocenters. The Balaban J connectivity index is 1.77. The van der Waals surface area contributed by atoms with Gasteiger partial charge in [0.2, 0.25) is 20.0 Å². The third-order valence-electron chi connectivity index (χ3n) is 5.16. The molecule has 1 aliphatic rings. The van der Waals surface area contributed by atoms with Gasteiger partial charge in [-0.3, -0.25) is 0 Å². The van der Waals surface area contributed by atoms with Crippen LogP contribution in [0.2, 0.25) is 0 Å². The van der Waals surface area contributed by atoms with Crippen molar-refractivity contribution in [2.24, 2.45) is 5.92 Å². The highest BCUT2D eigenvalue weighted by atomic mass is 32.2. The molecule has 0 amide bonds. The van der Waals surface area contributed by atoms with Crippen molar-refractivity contribution in [3.63, 3.8) is 0 Å². The highest BCUT2D eigenvalue weighted by Crippen LogP contribution is 2.25. The zero-order valence-electron chi connectivity index (χ0n) is 16.2. The first kappa shape index (κ1) is 21.0. The van der Waals surface area contributed by atoms with Crippen molar-refractivity contribution in [2.45, 2.75) is 36.1 Å². The average Bonchev–Trinajstić information content (AvgIpc) is 2.69. The molecular formula is C20H26N2O4S2. The number of rotatable bonds is 6. The summed E-state index contributed by atoms with van der Waals surface area (Å²) < 4.78 is 53.9. The fourth-order valence-corrected chi connectivity index (χ4v) is 5.89. The van der Waals surface area contributed by atoms with Gasteiger partial charge in [-0.1, -0.05) is 37.3 Å². The van der Waals surface area contributed by atoms with Crippen LogP contribution in [0.3, 0.4) is 0 Å². The molecule has 0 radical (unpaired) electrons. The van der Waals surface area contributed by atoms with Crippen LogP contribution in [0.4, 0.5) is 0 Å². The molecular weight excluding hydrogens is 396 g/mol. The van der Waals surface area contributed by atoms with Gasteiger partial charge >= 0.3 is 0 Å². The van der Waals surface area contributed by atoms with E-state index in [0.717, 1.165) is 18.4 Å². The molecule has 0 spiro atoms. The molecule has 0 aromatic heterocycles. The second-order valence-corrected chi connectivity index (χ2v) is 11.3. The summed E-state index contributed by atoms with van der Waals surface area (Å²) in [4.78, 5) is 0.212. The lowest BCUT2D eigenvalue weighted by Crippen LogP contribution is -2.37. The largest absolute Gasteiger partial charge is 0.243 e. The summed E-state index contributed by atoms with van der Waals surface area (Å²) in [5, 5.41) is 0. The van der Waals surface area contributed by atoms with E-state index in [9.17, 15) is 16.8 Å². The van der Waals surface area contributed by atoms with Crippen molar-refractivity contribution < 1.29 is 16.8 Å². The Morgan fingerprint density at radius 1 is 0.893 bits per heavy atom.